The number of carbonyl (C=O) groups is 2. The average Bonchev–Trinajstić information content (AvgIpc) is 3.28. The molecule has 2 aliphatic rings. The first-order valence-electron chi connectivity index (χ1n) is 11.8. The second-order valence-electron chi connectivity index (χ2n) is 9.24. The van der Waals surface area contributed by atoms with Crippen molar-refractivity contribution in [3.8, 4) is 0 Å². The molecule has 4 N–H and O–H groups in total. The molecule has 0 radical (unpaired) electrons. The summed E-state index contributed by atoms with van der Waals surface area (Å²) in [7, 11) is 0. The van der Waals surface area contributed by atoms with E-state index in [0.29, 0.717) is 28.2 Å². The molecule has 0 aromatic heterocycles. The summed E-state index contributed by atoms with van der Waals surface area (Å²) >= 11 is 18.9. The van der Waals surface area contributed by atoms with Crippen LogP contribution in [0.1, 0.15) is 37.8 Å². The van der Waals surface area contributed by atoms with Crippen LogP contribution in [0.3, 0.4) is 0 Å². The number of halogens is 3. The molecule has 0 spiro atoms. The minimum Gasteiger partial charge on any atom is -0.377 e. The molecule has 7 nitrogen and oxygen atoms in total. The lowest BCUT2D eigenvalue weighted by Gasteiger charge is -2.35. The number of benzene rings is 2. The summed E-state index contributed by atoms with van der Waals surface area (Å²) in [4.78, 5) is 28.2. The normalized spacial score (nSPS) is 19.5. The number of urea groups is 1. The van der Waals surface area contributed by atoms with E-state index in [4.69, 9.17) is 40.5 Å². The molecule has 3 amide bonds. The van der Waals surface area contributed by atoms with Gasteiger partial charge in [0.05, 0.1) is 16.8 Å². The van der Waals surface area contributed by atoms with Gasteiger partial charge >= 0.3 is 6.03 Å². The van der Waals surface area contributed by atoms with Crippen molar-refractivity contribution < 1.29 is 9.59 Å². The Bertz CT molecular complexity index is 1090. The molecule has 2 aromatic rings. The summed E-state index contributed by atoms with van der Waals surface area (Å²) < 4.78 is 0. The zero-order valence-electron chi connectivity index (χ0n) is 19.6. The van der Waals surface area contributed by atoms with E-state index in [2.05, 4.69) is 15.5 Å². The molecule has 2 fully saturated rings. The van der Waals surface area contributed by atoms with Crippen LogP contribution < -0.4 is 21.3 Å². The van der Waals surface area contributed by atoms with E-state index in [1.165, 1.54) is 0 Å². The number of nitrogens with two attached hydrogens (primary N) is 1. The number of hydrogen-bond donors (Lipinski definition) is 3. The molecule has 2 heterocycles. The van der Waals surface area contributed by atoms with Gasteiger partial charge in [0.1, 0.15) is 0 Å². The maximum absolute atomic E-state index is 13.0. The molecule has 10 heteroatoms. The van der Waals surface area contributed by atoms with E-state index in [0.717, 1.165) is 49.3 Å². The Morgan fingerprint density at radius 3 is 2.43 bits per heavy atom. The van der Waals surface area contributed by atoms with E-state index in [1.807, 2.05) is 42.2 Å². The van der Waals surface area contributed by atoms with Crippen molar-refractivity contribution >= 4 is 58.1 Å². The highest BCUT2D eigenvalue weighted by molar-refractivity contribution is 6.35. The minimum absolute atomic E-state index is 0.00413. The highest BCUT2D eigenvalue weighted by Crippen LogP contribution is 2.34. The minimum atomic E-state index is -0.542. The van der Waals surface area contributed by atoms with Crippen LogP contribution >= 0.6 is 34.8 Å². The molecule has 2 atom stereocenters. The number of amides is 3. The summed E-state index contributed by atoms with van der Waals surface area (Å²) in [6.45, 7) is 4.78. The predicted octanol–water partition coefficient (Wildman–Crippen LogP) is 5.31. The number of anilines is 2. The Hall–Kier alpha value is -2.35. The summed E-state index contributed by atoms with van der Waals surface area (Å²) in [6, 6.07) is 10.8. The second kappa shape index (κ2) is 11.1. The smallest absolute Gasteiger partial charge is 0.312 e. The molecule has 0 aliphatic carbocycles. The number of primary amides is 1. The summed E-state index contributed by atoms with van der Waals surface area (Å²) in [5, 5.41) is 7.99. The van der Waals surface area contributed by atoms with Gasteiger partial charge in [0.2, 0.25) is 5.91 Å². The lowest BCUT2D eigenvalue weighted by Crippen LogP contribution is -2.44. The Labute approximate surface area is 220 Å². The van der Waals surface area contributed by atoms with Crippen LogP contribution in [0.2, 0.25) is 15.1 Å². The van der Waals surface area contributed by atoms with Crippen molar-refractivity contribution in [2.24, 2.45) is 11.7 Å². The van der Waals surface area contributed by atoms with Gasteiger partial charge in [-0.25, -0.2) is 4.79 Å². The van der Waals surface area contributed by atoms with Gasteiger partial charge in [-0.1, -0.05) is 40.9 Å². The van der Waals surface area contributed by atoms with Crippen LogP contribution in [-0.2, 0) is 4.79 Å². The lowest BCUT2D eigenvalue weighted by atomic mass is 9.95. The van der Waals surface area contributed by atoms with E-state index in [1.54, 1.807) is 6.07 Å². The van der Waals surface area contributed by atoms with Gasteiger partial charge in [-0.15, -0.1) is 0 Å². The van der Waals surface area contributed by atoms with Gasteiger partial charge in [0.25, 0.3) is 0 Å². The lowest BCUT2D eigenvalue weighted by molar-refractivity contribution is -0.135. The van der Waals surface area contributed by atoms with E-state index < -0.39 is 6.03 Å². The largest absolute Gasteiger partial charge is 0.377 e. The molecule has 2 aliphatic heterocycles. The molecular formula is C25H30Cl3N5O2. The van der Waals surface area contributed by atoms with Crippen molar-refractivity contribution in [2.45, 2.75) is 38.3 Å². The standard InChI is InChI=1S/C25H30Cl3N5O2/c1-15(20-4-2-17(26)12-22(20)28)30-23-13-19(3-5-21(23)27)32-9-6-16(7-10-32)24(34)33-11-8-18(14-33)31-25(29)35/h2-5,12-13,15-16,18,30H,6-11,14H2,1H3,(H3,29,31,35)/t15?,18-/m0/s1. The zero-order valence-corrected chi connectivity index (χ0v) is 21.8. The maximum atomic E-state index is 13.0. The SMILES string of the molecule is CC(Nc1cc(N2CCC(C(=O)N3CC[C@H](NC(N)=O)C3)CC2)ccc1Cl)c1ccc(Cl)cc1Cl. The molecule has 1 unspecified atom stereocenters. The van der Waals surface area contributed by atoms with Crippen LogP contribution in [0.5, 0.6) is 0 Å². The number of rotatable bonds is 6. The summed E-state index contributed by atoms with van der Waals surface area (Å²) in [5.41, 5.74) is 8.03. The average molecular weight is 539 g/mol. The molecule has 4 rings (SSSR count). The maximum Gasteiger partial charge on any atom is 0.312 e. The Kier molecular flexibility index (Phi) is 8.19. The first-order valence-corrected chi connectivity index (χ1v) is 13.0. The molecule has 2 aromatic carbocycles. The Morgan fingerprint density at radius 2 is 1.74 bits per heavy atom. The zero-order chi connectivity index (χ0) is 25.1. The predicted molar refractivity (Wildman–Crippen MR) is 143 cm³/mol. The van der Waals surface area contributed by atoms with Crippen LogP contribution in [0, 0.1) is 5.92 Å². The fraction of sp³-hybridized carbons (Fsp3) is 0.440. The first-order chi connectivity index (χ1) is 16.7. The fourth-order valence-electron chi connectivity index (χ4n) is 4.91. The number of piperidine rings is 1. The van der Waals surface area contributed by atoms with Gasteiger partial charge in [-0.3, -0.25) is 4.79 Å². The van der Waals surface area contributed by atoms with Crippen molar-refractivity contribution in [3.63, 3.8) is 0 Å². The van der Waals surface area contributed by atoms with Crippen LogP contribution in [0.15, 0.2) is 36.4 Å². The highest BCUT2D eigenvalue weighted by Gasteiger charge is 2.33. The molecule has 0 saturated carbocycles. The van der Waals surface area contributed by atoms with Gasteiger partial charge in [0, 0.05) is 53.9 Å². The summed E-state index contributed by atoms with van der Waals surface area (Å²) in [5.74, 6) is 0.168. The highest BCUT2D eigenvalue weighted by atomic mass is 35.5. The van der Waals surface area contributed by atoms with Crippen molar-refractivity contribution in [1.82, 2.24) is 10.2 Å². The van der Waals surface area contributed by atoms with Crippen LogP contribution in [0.25, 0.3) is 0 Å². The third kappa shape index (κ3) is 6.26. The van der Waals surface area contributed by atoms with E-state index in [9.17, 15) is 9.59 Å². The van der Waals surface area contributed by atoms with E-state index in [-0.39, 0.29) is 23.9 Å². The van der Waals surface area contributed by atoms with Crippen LogP contribution in [-0.4, -0.2) is 49.1 Å². The first kappa shape index (κ1) is 25.7. The topological polar surface area (TPSA) is 90.7 Å². The molecule has 2 saturated heterocycles. The van der Waals surface area contributed by atoms with Gasteiger partial charge in [-0.2, -0.15) is 0 Å². The second-order valence-corrected chi connectivity index (χ2v) is 10.5. The van der Waals surface area contributed by atoms with Gasteiger partial charge < -0.3 is 26.2 Å². The third-order valence-electron chi connectivity index (χ3n) is 6.81. The van der Waals surface area contributed by atoms with Gasteiger partial charge in [-0.05, 0) is 62.1 Å². The monoisotopic (exact) mass is 537 g/mol. The molecule has 0 bridgehead atoms. The molecule has 35 heavy (non-hydrogen) atoms. The Balaban J connectivity index is 1.36. The number of likely N-dealkylation sites (tertiary alicyclic amines) is 1. The van der Waals surface area contributed by atoms with Crippen molar-refractivity contribution in [1.29, 1.82) is 0 Å². The van der Waals surface area contributed by atoms with E-state index >= 15 is 0 Å². The molecular weight excluding hydrogens is 509 g/mol. The number of carbonyl (C=O) groups excluding carboxylic acids is 2. The molecule has 188 valence electrons. The number of hydrogen-bond acceptors (Lipinski definition) is 4. The van der Waals surface area contributed by atoms with Crippen LogP contribution in [0.4, 0.5) is 16.2 Å². The number of nitrogens with zero attached hydrogens (tertiary/aromatic N) is 2. The third-order valence-corrected chi connectivity index (χ3v) is 7.70. The number of nitrogens with one attached hydrogen (secondary N) is 2. The summed E-state index contributed by atoms with van der Waals surface area (Å²) in [6.07, 6.45) is 2.31. The van der Waals surface area contributed by atoms with Crippen molar-refractivity contribution in [3.05, 3.63) is 57.0 Å². The Morgan fingerprint density at radius 1 is 1.00 bits per heavy atom. The fourth-order valence-corrected chi connectivity index (χ4v) is 5.65. The van der Waals surface area contributed by atoms with Gasteiger partial charge in [0.15, 0.2) is 0 Å². The quantitative estimate of drug-likeness (QED) is 0.465. The van der Waals surface area contributed by atoms with Crippen molar-refractivity contribution in [2.75, 3.05) is 36.4 Å².